The first kappa shape index (κ1) is 10.5. The highest BCUT2D eigenvalue weighted by atomic mass is 32.1. The van der Waals surface area contributed by atoms with Gasteiger partial charge in [0.1, 0.15) is 11.3 Å². The van der Waals surface area contributed by atoms with E-state index in [4.69, 9.17) is 5.11 Å². The Morgan fingerprint density at radius 3 is 3.06 bits per heavy atom. The van der Waals surface area contributed by atoms with Gasteiger partial charge in [-0.3, -0.25) is 0 Å². The van der Waals surface area contributed by atoms with Gasteiger partial charge in [-0.1, -0.05) is 0 Å². The minimum atomic E-state index is -1.04. The van der Waals surface area contributed by atoms with Crippen molar-refractivity contribution < 1.29 is 9.90 Å². The maximum absolute atomic E-state index is 10.8. The minimum Gasteiger partial charge on any atom is -0.476 e. The third kappa shape index (κ3) is 2.31. The Labute approximate surface area is 95.0 Å². The summed E-state index contributed by atoms with van der Waals surface area (Å²) in [4.78, 5) is 22.3. The number of thiazole rings is 1. The van der Waals surface area contributed by atoms with Crippen LogP contribution in [0, 0.1) is 0 Å². The van der Waals surface area contributed by atoms with E-state index in [-0.39, 0.29) is 5.69 Å². The van der Waals surface area contributed by atoms with Crippen LogP contribution in [0.2, 0.25) is 0 Å². The van der Waals surface area contributed by atoms with Crippen LogP contribution >= 0.6 is 11.3 Å². The summed E-state index contributed by atoms with van der Waals surface area (Å²) in [5.41, 5.74) is 2.32. The lowest BCUT2D eigenvalue weighted by molar-refractivity contribution is 0.0692. The van der Waals surface area contributed by atoms with Gasteiger partial charge < -0.3 is 10.4 Å². The number of anilines is 1. The van der Waals surface area contributed by atoms with Gasteiger partial charge in [0.2, 0.25) is 0 Å². The molecule has 82 valence electrons. The topological polar surface area (TPSA) is 88.0 Å². The average molecular weight is 236 g/mol. The Morgan fingerprint density at radius 2 is 2.38 bits per heavy atom. The van der Waals surface area contributed by atoms with Crippen LogP contribution in [0.5, 0.6) is 0 Å². The first-order chi connectivity index (χ1) is 7.77. The molecular formula is C9H8N4O2S. The van der Waals surface area contributed by atoms with Crippen molar-refractivity contribution >= 4 is 22.3 Å². The van der Waals surface area contributed by atoms with Crippen molar-refractivity contribution in [2.45, 2.75) is 6.54 Å². The molecule has 2 N–H and O–H groups in total. The number of carboxylic acids is 1. The molecule has 0 fully saturated rings. The molecule has 7 heteroatoms. The fraction of sp³-hybridized carbons (Fsp3) is 0.111. The van der Waals surface area contributed by atoms with Crippen molar-refractivity contribution in [1.29, 1.82) is 0 Å². The van der Waals surface area contributed by atoms with Crippen molar-refractivity contribution in [1.82, 2.24) is 15.0 Å². The number of carbonyl (C=O) groups is 1. The SMILES string of the molecule is O=C(O)c1ncsc1NCc1ccncn1. The molecule has 0 aliphatic heterocycles. The summed E-state index contributed by atoms with van der Waals surface area (Å²) in [5.74, 6) is -1.04. The molecule has 16 heavy (non-hydrogen) atoms. The second-order valence-corrected chi connectivity index (χ2v) is 3.74. The van der Waals surface area contributed by atoms with Crippen LogP contribution in [-0.4, -0.2) is 26.0 Å². The van der Waals surface area contributed by atoms with Gasteiger partial charge in [0.25, 0.3) is 0 Å². The van der Waals surface area contributed by atoms with E-state index in [1.807, 2.05) is 0 Å². The summed E-state index contributed by atoms with van der Waals surface area (Å²) in [5, 5.41) is 12.3. The van der Waals surface area contributed by atoms with Gasteiger partial charge in [0.05, 0.1) is 17.7 Å². The quantitative estimate of drug-likeness (QED) is 0.830. The zero-order valence-corrected chi connectivity index (χ0v) is 8.94. The van der Waals surface area contributed by atoms with Gasteiger partial charge >= 0.3 is 5.97 Å². The molecule has 0 atom stereocenters. The first-order valence-corrected chi connectivity index (χ1v) is 5.31. The largest absolute Gasteiger partial charge is 0.476 e. The Bertz CT molecular complexity index is 485. The highest BCUT2D eigenvalue weighted by Crippen LogP contribution is 2.20. The molecule has 0 amide bonds. The Kier molecular flexibility index (Phi) is 3.06. The van der Waals surface area contributed by atoms with Crippen LogP contribution in [0.4, 0.5) is 5.00 Å². The molecule has 2 rings (SSSR count). The summed E-state index contributed by atoms with van der Waals surface area (Å²) >= 11 is 1.25. The number of aromatic nitrogens is 3. The van der Waals surface area contributed by atoms with Crippen LogP contribution in [0.25, 0.3) is 0 Å². The molecule has 0 saturated carbocycles. The van der Waals surface area contributed by atoms with Gasteiger partial charge in [-0.2, -0.15) is 0 Å². The first-order valence-electron chi connectivity index (χ1n) is 4.43. The molecule has 6 nitrogen and oxygen atoms in total. The molecule has 0 spiro atoms. The van der Waals surface area contributed by atoms with Crippen molar-refractivity contribution in [3.63, 3.8) is 0 Å². The van der Waals surface area contributed by atoms with Gasteiger partial charge in [-0.25, -0.2) is 19.7 Å². The number of nitrogens with zero attached hydrogens (tertiary/aromatic N) is 3. The lowest BCUT2D eigenvalue weighted by Crippen LogP contribution is -2.05. The zero-order chi connectivity index (χ0) is 11.4. The molecule has 0 saturated heterocycles. The van der Waals surface area contributed by atoms with Crippen molar-refractivity contribution in [2.75, 3.05) is 5.32 Å². The van der Waals surface area contributed by atoms with Crippen molar-refractivity contribution in [3.05, 3.63) is 35.5 Å². The number of hydrogen-bond donors (Lipinski definition) is 2. The predicted octanol–water partition coefficient (Wildman–Crippen LogP) is 1.24. The van der Waals surface area contributed by atoms with Gasteiger partial charge in [0.15, 0.2) is 5.69 Å². The van der Waals surface area contributed by atoms with Crippen LogP contribution < -0.4 is 5.32 Å². The Hall–Kier alpha value is -2.02. The highest BCUT2D eigenvalue weighted by molar-refractivity contribution is 7.14. The Morgan fingerprint density at radius 1 is 1.50 bits per heavy atom. The lowest BCUT2D eigenvalue weighted by Gasteiger charge is -2.02. The summed E-state index contributed by atoms with van der Waals surface area (Å²) < 4.78 is 0. The maximum atomic E-state index is 10.8. The number of hydrogen-bond acceptors (Lipinski definition) is 6. The van der Waals surface area contributed by atoms with E-state index < -0.39 is 5.97 Å². The smallest absolute Gasteiger partial charge is 0.357 e. The summed E-state index contributed by atoms with van der Waals surface area (Å²) in [6, 6.07) is 1.76. The standard InChI is InChI=1S/C9H8N4O2S/c14-9(15)7-8(16-5-13-7)11-3-6-1-2-10-4-12-6/h1-2,4-5,11H,3H2,(H,14,15). The van der Waals surface area contributed by atoms with E-state index in [0.29, 0.717) is 11.5 Å². The fourth-order valence-corrected chi connectivity index (χ4v) is 1.79. The van der Waals surface area contributed by atoms with E-state index in [9.17, 15) is 4.79 Å². The van der Waals surface area contributed by atoms with Gasteiger partial charge in [-0.05, 0) is 6.07 Å². The van der Waals surface area contributed by atoms with Crippen LogP contribution in [0.15, 0.2) is 24.1 Å². The molecule has 0 bridgehead atoms. The average Bonchev–Trinajstić information content (AvgIpc) is 2.76. The number of aromatic carboxylic acids is 1. The molecule has 0 aliphatic carbocycles. The third-order valence-electron chi connectivity index (χ3n) is 1.84. The third-order valence-corrected chi connectivity index (χ3v) is 2.63. The fourth-order valence-electron chi connectivity index (χ4n) is 1.12. The highest BCUT2D eigenvalue weighted by Gasteiger charge is 2.12. The predicted molar refractivity (Wildman–Crippen MR) is 58.4 cm³/mol. The molecule has 2 aromatic heterocycles. The number of carboxylic acid groups (broad SMARTS) is 1. The van der Waals surface area contributed by atoms with E-state index in [0.717, 1.165) is 5.69 Å². The summed E-state index contributed by atoms with van der Waals surface area (Å²) in [6.45, 7) is 0.449. The molecule has 0 aromatic carbocycles. The number of rotatable bonds is 4. The van der Waals surface area contributed by atoms with Crippen LogP contribution in [-0.2, 0) is 6.54 Å². The van der Waals surface area contributed by atoms with E-state index >= 15 is 0 Å². The van der Waals surface area contributed by atoms with E-state index in [2.05, 4.69) is 20.3 Å². The molecule has 0 radical (unpaired) electrons. The minimum absolute atomic E-state index is 0.0408. The van der Waals surface area contributed by atoms with Crippen molar-refractivity contribution in [2.24, 2.45) is 0 Å². The van der Waals surface area contributed by atoms with Gasteiger partial charge in [0, 0.05) is 6.20 Å². The zero-order valence-electron chi connectivity index (χ0n) is 8.12. The number of nitrogens with one attached hydrogen (secondary N) is 1. The van der Waals surface area contributed by atoms with E-state index in [1.54, 1.807) is 12.3 Å². The van der Waals surface area contributed by atoms with Crippen LogP contribution in [0.3, 0.4) is 0 Å². The second kappa shape index (κ2) is 4.67. The summed E-state index contributed by atoms with van der Waals surface area (Å²) in [6.07, 6.45) is 3.08. The van der Waals surface area contributed by atoms with Crippen molar-refractivity contribution in [3.8, 4) is 0 Å². The normalized spacial score (nSPS) is 10.0. The molecule has 2 heterocycles. The maximum Gasteiger partial charge on any atom is 0.357 e. The van der Waals surface area contributed by atoms with Crippen LogP contribution in [0.1, 0.15) is 16.2 Å². The molecule has 0 aliphatic rings. The van der Waals surface area contributed by atoms with Gasteiger partial charge in [-0.15, -0.1) is 11.3 Å². The summed E-state index contributed by atoms with van der Waals surface area (Å²) in [7, 11) is 0. The molecule has 2 aromatic rings. The molecule has 0 unspecified atom stereocenters. The monoisotopic (exact) mass is 236 g/mol. The second-order valence-electron chi connectivity index (χ2n) is 2.89. The Balaban J connectivity index is 2.05. The lowest BCUT2D eigenvalue weighted by atomic mass is 10.4. The van der Waals surface area contributed by atoms with E-state index in [1.165, 1.54) is 23.2 Å². The molecular weight excluding hydrogens is 228 g/mol.